The molecule has 0 amide bonds. The van der Waals surface area contributed by atoms with Crippen LogP contribution in [0.5, 0.6) is 0 Å². The van der Waals surface area contributed by atoms with Gasteiger partial charge in [0.15, 0.2) is 11.2 Å². The Kier molecular flexibility index (Phi) is 1.18. The molecule has 6 heteroatoms. The first-order chi connectivity index (χ1) is 5.68. The predicted molar refractivity (Wildman–Crippen MR) is 42.0 cm³/mol. The molecule has 0 aliphatic rings. The number of fused-ring (bicyclic) bond motifs is 1. The molecule has 0 bridgehead atoms. The van der Waals surface area contributed by atoms with Crippen LogP contribution in [0.25, 0.3) is 11.2 Å². The summed E-state index contributed by atoms with van der Waals surface area (Å²) in [5.74, 6) is 0. The Morgan fingerprint density at radius 2 is 2.17 bits per heavy atom. The highest BCUT2D eigenvalue weighted by Crippen LogP contribution is 1.97. The maximum Gasteiger partial charge on any atom is 0.327 e. The Hall–Kier alpha value is -1.85. The van der Waals surface area contributed by atoms with Gasteiger partial charge in [0.05, 0.1) is 6.33 Å². The van der Waals surface area contributed by atoms with Crippen LogP contribution in [0, 0.1) is 0 Å². The summed E-state index contributed by atoms with van der Waals surface area (Å²) in [7, 11) is 1.68. The number of aromatic amines is 2. The van der Waals surface area contributed by atoms with Crippen molar-refractivity contribution >= 4 is 11.2 Å². The summed E-state index contributed by atoms with van der Waals surface area (Å²) in [5.41, 5.74) is -0.277. The lowest BCUT2D eigenvalue weighted by Crippen LogP contribution is -2.22. The van der Waals surface area contributed by atoms with Gasteiger partial charge in [0, 0.05) is 7.05 Å². The van der Waals surface area contributed by atoms with E-state index in [4.69, 9.17) is 0 Å². The summed E-state index contributed by atoms with van der Waals surface area (Å²) < 4.78 is 1.55. The third-order valence-corrected chi connectivity index (χ3v) is 1.61. The normalized spacial score (nSPS) is 10.8. The molecule has 0 saturated heterocycles. The highest BCUT2D eigenvalue weighted by molar-refractivity contribution is 5.68. The van der Waals surface area contributed by atoms with E-state index in [9.17, 15) is 9.59 Å². The van der Waals surface area contributed by atoms with Crippen molar-refractivity contribution in [1.82, 2.24) is 19.5 Å². The minimum absolute atomic E-state index is 0.311. The molecule has 0 aliphatic heterocycles. The number of nitrogens with one attached hydrogen (secondary N) is 2. The van der Waals surface area contributed by atoms with Crippen LogP contribution in [0.15, 0.2) is 15.9 Å². The van der Waals surface area contributed by atoms with Gasteiger partial charge in [-0.15, -0.1) is 0 Å². The first kappa shape index (κ1) is 6.84. The molecular weight excluding hydrogens is 167 g/mol. The number of aromatic nitrogens is 4. The third-order valence-electron chi connectivity index (χ3n) is 1.61. The van der Waals surface area contributed by atoms with Crippen LogP contribution in [0.3, 0.4) is 0 Å². The van der Waals surface area contributed by atoms with Crippen LogP contribution in [-0.4, -0.2) is 19.5 Å². The quantitative estimate of drug-likeness (QED) is 0.533. The molecule has 0 aromatic carbocycles. The van der Waals surface area contributed by atoms with Crippen molar-refractivity contribution in [2.75, 3.05) is 0 Å². The summed E-state index contributed by atoms with van der Waals surface area (Å²) in [6.45, 7) is 0. The maximum atomic E-state index is 11.1. The fourth-order valence-corrected chi connectivity index (χ4v) is 1.09. The van der Waals surface area contributed by atoms with E-state index in [1.807, 2.05) is 0 Å². The highest BCUT2D eigenvalue weighted by Gasteiger charge is 2.04. The molecule has 0 unspecified atom stereocenters. The first-order valence-electron chi connectivity index (χ1n) is 3.32. The van der Waals surface area contributed by atoms with Gasteiger partial charge in [-0.2, -0.15) is 0 Å². The zero-order chi connectivity index (χ0) is 8.72. The Labute approximate surface area is 65.9 Å². The van der Waals surface area contributed by atoms with Gasteiger partial charge in [-0.25, -0.2) is 9.78 Å². The second kappa shape index (κ2) is 2.07. The first-order valence-corrected chi connectivity index (χ1v) is 3.32. The molecule has 0 radical (unpaired) electrons. The monoisotopic (exact) mass is 173 g/mol. The largest absolute Gasteiger partial charge is 0.328 e. The Morgan fingerprint density at radius 3 is 2.92 bits per heavy atom. The van der Waals surface area contributed by atoms with Crippen LogP contribution < -0.4 is 11.2 Å². The van der Waals surface area contributed by atoms with Crippen molar-refractivity contribution in [2.24, 2.45) is 7.05 Å². The van der Waals surface area contributed by atoms with Crippen molar-refractivity contribution in [2.45, 2.75) is 0 Å². The molecule has 0 saturated carbocycles. The lowest BCUT2D eigenvalue weighted by Gasteiger charge is -1.89. The molecule has 2 aromatic rings. The minimum atomic E-state index is -0.536. The molecule has 2 aromatic heterocycles. The van der Waals surface area contributed by atoms with Gasteiger partial charge in [0.2, 0.25) is 0 Å². The van der Waals surface area contributed by atoms with E-state index in [2.05, 4.69) is 15.0 Å². The van der Waals surface area contributed by atoms with E-state index in [-0.39, 0.29) is 0 Å². The number of imidazole rings is 1. The molecule has 0 spiro atoms. The number of nitrogens with zero attached hydrogens (tertiary/aromatic N) is 2. The second-order valence-corrected chi connectivity index (χ2v) is 2.46. The topological polar surface area (TPSA) is 83.5 Å². The maximum absolute atomic E-state index is 11.1. The average molecular weight is 173 g/mol. The molecule has 2 heterocycles. The number of rotatable bonds is 0. The van der Waals surface area contributed by atoms with Gasteiger partial charge in [-0.1, -0.05) is 0 Å². The summed E-state index contributed by atoms with van der Waals surface area (Å²) >= 11 is 0. The number of hydrogen-bond acceptors (Lipinski definition) is 3. The van der Waals surface area contributed by atoms with Gasteiger partial charge < -0.3 is 4.57 Å². The van der Waals surface area contributed by atoms with Gasteiger partial charge >= 0.3 is 5.69 Å². The smallest absolute Gasteiger partial charge is 0.327 e. The molecule has 12 heavy (non-hydrogen) atoms. The van der Waals surface area contributed by atoms with Crippen molar-refractivity contribution < 1.29 is 0 Å². The molecule has 6 nitrogen and oxygen atoms in total. The van der Waals surface area contributed by atoms with E-state index < -0.39 is 11.2 Å². The second-order valence-electron chi connectivity index (χ2n) is 2.46. The van der Waals surface area contributed by atoms with Crippen LogP contribution in [0.1, 0.15) is 0 Å². The Morgan fingerprint density at radius 1 is 1.42 bits per heavy atom. The fraction of sp³-hybridized carbons (Fsp3) is 0.167. The third kappa shape index (κ3) is 0.777. The predicted octanol–water partition coefficient (Wildman–Crippen LogP) is -1.05. The van der Waals surface area contributed by atoms with E-state index in [1.54, 1.807) is 11.6 Å². The van der Waals surface area contributed by atoms with Crippen molar-refractivity contribution in [3.8, 4) is 0 Å². The molecule has 0 atom stereocenters. The van der Waals surface area contributed by atoms with Crippen LogP contribution >= 0.6 is 0 Å². The van der Waals surface area contributed by atoms with Crippen LogP contribution in [0.4, 0.5) is 0 Å². The van der Waals surface area contributed by atoms with Gasteiger partial charge in [-0.3, -0.25) is 14.8 Å². The molecule has 2 N–H and O–H groups in total. The fourth-order valence-electron chi connectivity index (χ4n) is 1.09. The van der Waals surface area contributed by atoms with Crippen molar-refractivity contribution in [3.05, 3.63) is 27.2 Å². The average Bonchev–Trinajstić information content (AvgIpc) is 2.31. The molecule has 62 valence electrons. The summed E-state index contributed by atoms with van der Waals surface area (Å²) in [6.07, 6.45) is 1.47. The van der Waals surface area contributed by atoms with Crippen molar-refractivity contribution in [3.63, 3.8) is 0 Å². The van der Waals surface area contributed by atoms with E-state index in [0.29, 0.717) is 11.2 Å². The molecular formula is C6H6N4O2. The lowest BCUT2D eigenvalue weighted by molar-refractivity contribution is 0.935. The van der Waals surface area contributed by atoms with Gasteiger partial charge in [0.1, 0.15) is 0 Å². The zero-order valence-corrected chi connectivity index (χ0v) is 6.29. The summed E-state index contributed by atoms with van der Waals surface area (Å²) in [6, 6.07) is 0. The van der Waals surface area contributed by atoms with Gasteiger partial charge in [0.25, 0.3) is 5.56 Å². The van der Waals surface area contributed by atoms with Crippen molar-refractivity contribution in [1.29, 1.82) is 0 Å². The summed E-state index contributed by atoms with van der Waals surface area (Å²) in [4.78, 5) is 30.2. The summed E-state index contributed by atoms with van der Waals surface area (Å²) in [5, 5.41) is 0. The van der Waals surface area contributed by atoms with E-state index in [1.165, 1.54) is 6.33 Å². The molecule has 2 rings (SSSR count). The number of H-pyrrole nitrogens is 2. The Balaban J connectivity index is 3.13. The van der Waals surface area contributed by atoms with E-state index in [0.717, 1.165) is 0 Å². The van der Waals surface area contributed by atoms with Crippen LogP contribution in [0.2, 0.25) is 0 Å². The SMILES string of the molecule is Cn1c[15n][13c]2[15nH][13c](=O)[15nH][13c](=O)[13c]21. The number of hydrogen-bond donors (Lipinski definition) is 2. The van der Waals surface area contributed by atoms with E-state index >= 15 is 0 Å². The standard InChI is InChI=1S/C6H6N4O2/c1-10-2-7-4-3(10)5(11)9-6(12)8-4/h2H,1H3,(H2,8,9,11,12)/i3+1,4+1,5+1,6+1,7+1,8+1,9+1. The van der Waals surface area contributed by atoms with Gasteiger partial charge in [-0.05, 0) is 0 Å². The highest BCUT2D eigenvalue weighted by atomic mass is 16.3. The Bertz CT molecular complexity index is 532. The van der Waals surface area contributed by atoms with Crippen LogP contribution in [-0.2, 0) is 7.05 Å². The number of aryl methyl sites for hydroxylation is 1. The molecule has 0 fully saturated rings. The zero-order valence-electron chi connectivity index (χ0n) is 6.29. The lowest BCUT2D eigenvalue weighted by atomic mass is 11.2. The molecule has 0 aliphatic carbocycles. The minimum Gasteiger partial charge on any atom is -0.328 e.